The van der Waals surface area contributed by atoms with Crippen molar-refractivity contribution < 1.29 is 58.4 Å². The van der Waals surface area contributed by atoms with E-state index in [1.807, 2.05) is 0 Å². The number of phenols is 1. The molecule has 0 spiro atoms. The number of ketones is 3. The van der Waals surface area contributed by atoms with Gasteiger partial charge in [0.15, 0.2) is 17.3 Å². The maximum Gasteiger partial charge on any atom is 0.294 e. The molecule has 6 N–H and O–H groups in total. The number of carbonyl (C=O) groups is 3. The Balaban J connectivity index is 1.91. The molecule has 0 heterocycles. The van der Waals surface area contributed by atoms with Crippen molar-refractivity contribution in [2.45, 2.75) is 11.3 Å². The Morgan fingerprint density at radius 1 is 0.556 bits per heavy atom. The van der Waals surface area contributed by atoms with E-state index in [1.165, 1.54) is 6.08 Å². The van der Waals surface area contributed by atoms with Crippen molar-refractivity contribution >= 4 is 53.8 Å². The van der Waals surface area contributed by atoms with Crippen LogP contribution in [-0.4, -0.2) is 61.4 Å². The number of hydrogen-bond acceptors (Lipinski definition) is 11. The second-order valence-corrected chi connectivity index (χ2v) is 14.3. The fraction of sp³-hybridized carbons (Fsp3) is 0.0357. The van der Waals surface area contributed by atoms with Crippen LogP contribution in [0.4, 0.5) is 0 Å². The summed E-state index contributed by atoms with van der Waals surface area (Å²) in [6.45, 7) is 0. The van der Waals surface area contributed by atoms with Gasteiger partial charge in [0, 0.05) is 56.7 Å². The Labute approximate surface area is 255 Å². The summed E-state index contributed by atoms with van der Waals surface area (Å²) in [4.78, 5) is 38.0. The third-order valence-corrected chi connectivity index (χ3v) is 9.35. The van der Waals surface area contributed by atoms with Crippen LogP contribution in [0.15, 0.2) is 115 Å². The Bertz CT molecular complexity index is 2300. The van der Waals surface area contributed by atoms with Gasteiger partial charge in [0.1, 0.15) is 5.75 Å². The molecule has 1 aromatic carbocycles. The normalized spacial score (nSPS) is 19.2. The number of hydrogen-bond donors (Lipinski definition) is 5. The van der Waals surface area contributed by atoms with Crippen molar-refractivity contribution in [3.05, 3.63) is 121 Å². The lowest BCUT2D eigenvalue weighted by molar-refractivity contribution is -0.112. The molecule has 0 saturated heterocycles. The fourth-order valence-electron chi connectivity index (χ4n) is 4.79. The molecule has 4 aliphatic carbocycles. The van der Waals surface area contributed by atoms with Crippen molar-refractivity contribution in [3.63, 3.8) is 0 Å². The second kappa shape index (κ2) is 10.7. The lowest BCUT2D eigenvalue weighted by Gasteiger charge is -2.19. The first-order chi connectivity index (χ1) is 20.7. The summed E-state index contributed by atoms with van der Waals surface area (Å²) in [6, 6.07) is 1.61. The zero-order valence-electron chi connectivity index (χ0n) is 22.3. The zero-order valence-corrected chi connectivity index (χ0v) is 24.8. The Kier molecular flexibility index (Phi) is 7.51. The van der Waals surface area contributed by atoms with Gasteiger partial charge in [-0.2, -0.15) is 25.3 Å². The molecule has 4 aliphatic rings. The maximum atomic E-state index is 13.5. The van der Waals surface area contributed by atoms with Crippen LogP contribution in [0, 0.1) is 0 Å². The molecule has 0 atom stereocenters. The number of carbonyl (C=O) groups excluding carboxylic acids is 3. The summed E-state index contributed by atoms with van der Waals surface area (Å²) < 4.78 is 102. The highest BCUT2D eigenvalue weighted by atomic mass is 32.2. The molecule has 0 unspecified atom stereocenters. The van der Waals surface area contributed by atoms with Gasteiger partial charge in [-0.15, -0.1) is 0 Å². The lowest BCUT2D eigenvalue weighted by Crippen LogP contribution is -2.19. The van der Waals surface area contributed by atoms with Gasteiger partial charge in [0.25, 0.3) is 30.4 Å². The number of rotatable bonds is 3. The van der Waals surface area contributed by atoms with Crippen LogP contribution in [-0.2, 0) is 51.2 Å². The van der Waals surface area contributed by atoms with E-state index >= 15 is 0 Å². The average Bonchev–Trinajstić information content (AvgIpc) is 2.90. The Hall–Kier alpha value is -4.78. The van der Waals surface area contributed by atoms with Gasteiger partial charge in [-0.25, -0.2) is 0 Å². The molecule has 0 saturated carbocycles. The third-order valence-electron chi connectivity index (χ3n) is 6.86. The van der Waals surface area contributed by atoms with Crippen LogP contribution in [0.5, 0.6) is 5.75 Å². The minimum Gasteiger partial charge on any atom is -0.507 e. The van der Waals surface area contributed by atoms with Crippen LogP contribution in [0.3, 0.4) is 0 Å². The first-order valence-electron chi connectivity index (χ1n) is 12.3. The topological polar surface area (TPSA) is 261 Å². The van der Waals surface area contributed by atoms with Gasteiger partial charge in [0.2, 0.25) is 0 Å². The number of fused-ring (bicyclic) bond motifs is 8. The maximum absolute atomic E-state index is 13.5. The molecule has 45 heavy (non-hydrogen) atoms. The summed E-state index contributed by atoms with van der Waals surface area (Å²) in [5.74, 6) is -3.44. The van der Waals surface area contributed by atoms with E-state index in [1.54, 1.807) is 0 Å². The number of benzene rings is 1. The first kappa shape index (κ1) is 31.6. The van der Waals surface area contributed by atoms with Gasteiger partial charge in [-0.05, 0) is 66.8 Å². The predicted molar refractivity (Wildman–Crippen MR) is 157 cm³/mol. The highest BCUT2D eigenvalue weighted by Crippen LogP contribution is 2.35. The van der Waals surface area contributed by atoms with Crippen LogP contribution in [0.1, 0.15) is 11.1 Å². The van der Waals surface area contributed by atoms with Crippen molar-refractivity contribution in [3.8, 4) is 5.75 Å². The minimum absolute atomic E-state index is 0.0249. The van der Waals surface area contributed by atoms with E-state index in [4.69, 9.17) is 5.73 Å². The summed E-state index contributed by atoms with van der Waals surface area (Å²) in [6.07, 6.45) is 7.17. The Morgan fingerprint density at radius 2 is 1.02 bits per heavy atom. The summed E-state index contributed by atoms with van der Waals surface area (Å²) in [5.41, 5.74) is 2.64. The van der Waals surface area contributed by atoms with E-state index < -0.39 is 102 Å². The molecule has 232 valence electrons. The molecule has 8 bridgehead atoms. The molecule has 14 nitrogen and oxygen atoms in total. The van der Waals surface area contributed by atoms with Crippen LogP contribution < -0.4 is 5.73 Å². The number of allylic oxidation sites excluding steroid dienone is 14. The number of aromatic hydroxyl groups is 1. The third kappa shape index (κ3) is 6.25. The van der Waals surface area contributed by atoms with E-state index in [2.05, 4.69) is 0 Å². The van der Waals surface area contributed by atoms with E-state index in [0.29, 0.717) is 18.2 Å². The smallest absolute Gasteiger partial charge is 0.294 e. The van der Waals surface area contributed by atoms with E-state index in [0.717, 1.165) is 42.5 Å². The molecule has 0 fully saturated rings. The number of Topliss-reactive ketones (excluding diaryl/α,β-unsaturated/α-hetero) is 3. The summed E-state index contributed by atoms with van der Waals surface area (Å²) in [5, 5.41) is 11.1. The van der Waals surface area contributed by atoms with Crippen LogP contribution in [0.25, 0.3) is 6.08 Å². The average molecular weight is 674 g/mol. The molecule has 0 aromatic heterocycles. The van der Waals surface area contributed by atoms with Gasteiger partial charge in [0.05, 0.1) is 14.7 Å². The predicted octanol–water partition coefficient (Wildman–Crippen LogP) is 1.34. The standard InChI is InChI=1S/C28H19NO13S3/c29-21-5-13-1-15-7-22(43(34,35)36)9-17(26(15)31)3-19-11-24(45(40,41)42)12-20(28(19)33)4-18-10-23(44(37,38)39)8-16(27(18)32)2-14(6-21)25(13)30/h1,3-12,32H,2,29H2,(H,34,35,36)(H,37,38,39)(H,40,41,42). The molecular weight excluding hydrogens is 655 g/mol. The van der Waals surface area contributed by atoms with E-state index in [9.17, 15) is 58.4 Å². The first-order valence-corrected chi connectivity index (χ1v) is 16.7. The van der Waals surface area contributed by atoms with Gasteiger partial charge in [-0.3, -0.25) is 28.0 Å². The second-order valence-electron chi connectivity index (χ2n) is 10.0. The van der Waals surface area contributed by atoms with Crippen molar-refractivity contribution in [1.82, 2.24) is 0 Å². The van der Waals surface area contributed by atoms with Gasteiger partial charge < -0.3 is 10.8 Å². The van der Waals surface area contributed by atoms with Gasteiger partial charge in [-0.1, -0.05) is 0 Å². The molecule has 17 heteroatoms. The van der Waals surface area contributed by atoms with Gasteiger partial charge >= 0.3 is 0 Å². The minimum atomic E-state index is -5.04. The summed E-state index contributed by atoms with van der Waals surface area (Å²) >= 11 is 0. The van der Waals surface area contributed by atoms with Crippen molar-refractivity contribution in [1.29, 1.82) is 0 Å². The number of nitrogens with two attached hydrogens (primary N) is 1. The number of phenolic OH excluding ortho intramolecular Hbond substituents is 1. The lowest BCUT2D eigenvalue weighted by atomic mass is 9.86. The quantitative estimate of drug-likeness (QED) is 0.284. The molecule has 1 aromatic rings. The molecule has 0 aliphatic heterocycles. The molecule has 5 rings (SSSR count). The molecular formula is C28H19NO13S3. The highest BCUT2D eigenvalue weighted by molar-refractivity contribution is 7.90. The van der Waals surface area contributed by atoms with E-state index in [-0.39, 0.29) is 22.4 Å². The summed E-state index contributed by atoms with van der Waals surface area (Å²) in [7, 11) is -15.0. The molecule has 0 radical (unpaired) electrons. The highest BCUT2D eigenvalue weighted by Gasteiger charge is 2.30. The van der Waals surface area contributed by atoms with Crippen molar-refractivity contribution in [2.24, 2.45) is 5.73 Å². The fourth-order valence-corrected chi connectivity index (χ4v) is 6.46. The van der Waals surface area contributed by atoms with Crippen molar-refractivity contribution in [2.75, 3.05) is 0 Å². The zero-order chi connectivity index (χ0) is 33.2. The van der Waals surface area contributed by atoms with Crippen LogP contribution >= 0.6 is 0 Å². The monoisotopic (exact) mass is 673 g/mol. The molecule has 0 amide bonds. The Morgan fingerprint density at radius 3 is 1.51 bits per heavy atom. The largest absolute Gasteiger partial charge is 0.507 e. The van der Waals surface area contributed by atoms with Crippen LogP contribution in [0.2, 0.25) is 0 Å². The SMILES string of the molecule is NC1=CC2=CC3=CC(S(=O)(=O)O)=CC(=CC4=CC(S(=O)(=O)O)=CC(=Cc5cc(S(=O)(=O)O)cc(c5O)CC(=C1)C2=O)C4=O)C3=O.